The highest BCUT2D eigenvalue weighted by atomic mass is 32.2. The first-order chi connectivity index (χ1) is 8.84. The van der Waals surface area contributed by atoms with E-state index in [4.69, 9.17) is 4.42 Å². The number of aliphatic hydroxyl groups excluding tert-OH is 1. The molecule has 0 aliphatic carbocycles. The fourth-order valence-electron chi connectivity index (χ4n) is 2.10. The van der Waals surface area contributed by atoms with Crippen molar-refractivity contribution in [3.05, 3.63) is 23.2 Å². The molecule has 19 heavy (non-hydrogen) atoms. The van der Waals surface area contributed by atoms with Crippen molar-refractivity contribution >= 4 is 17.7 Å². The zero-order valence-electron chi connectivity index (χ0n) is 11.9. The molecule has 5 heteroatoms. The normalized spacial score (nSPS) is 20.4. The van der Waals surface area contributed by atoms with Crippen LogP contribution in [0.3, 0.4) is 0 Å². The first-order valence-corrected chi connectivity index (χ1v) is 7.48. The Kier molecular flexibility index (Phi) is 3.97. The molecule has 1 aliphatic rings. The molecular weight excluding hydrogens is 262 g/mol. The number of nitrogens with zero attached hydrogens (tertiary/aromatic N) is 1. The van der Waals surface area contributed by atoms with Crippen LogP contribution in [0.1, 0.15) is 36.3 Å². The summed E-state index contributed by atoms with van der Waals surface area (Å²) in [6.45, 7) is 8.45. The van der Waals surface area contributed by atoms with E-state index in [2.05, 4.69) is 0 Å². The molecule has 1 N–H and O–H groups in total. The van der Waals surface area contributed by atoms with E-state index in [1.54, 1.807) is 11.8 Å². The third-order valence-corrected chi connectivity index (χ3v) is 4.64. The Bertz CT molecular complexity index is 462. The second kappa shape index (κ2) is 5.21. The molecule has 0 radical (unpaired) electrons. The lowest BCUT2D eigenvalue weighted by Gasteiger charge is -2.31. The fraction of sp³-hybridized carbons (Fsp3) is 0.643. The number of rotatable bonds is 4. The number of thioether (sulfide) groups is 1. The maximum Gasteiger partial charge on any atom is 0.233 e. The Balaban J connectivity index is 2.22. The molecular formula is C14H21NO3S. The minimum Gasteiger partial charge on any atom is -0.463 e. The van der Waals surface area contributed by atoms with E-state index in [1.165, 1.54) is 0 Å². The van der Waals surface area contributed by atoms with Crippen molar-refractivity contribution in [2.24, 2.45) is 5.41 Å². The predicted molar refractivity (Wildman–Crippen MR) is 76.0 cm³/mol. The molecule has 0 bridgehead atoms. The molecule has 0 spiro atoms. The summed E-state index contributed by atoms with van der Waals surface area (Å²) in [7, 11) is 0. The maximum absolute atomic E-state index is 12.0. The Hall–Kier alpha value is -0.940. The van der Waals surface area contributed by atoms with Crippen LogP contribution in [-0.2, 0) is 4.79 Å². The predicted octanol–water partition coefficient (Wildman–Crippen LogP) is 2.49. The Morgan fingerprint density at radius 3 is 2.74 bits per heavy atom. The molecule has 1 amide bonds. The number of carbonyl (C=O) groups excluding carboxylic acids is 1. The second-order valence-corrected chi connectivity index (χ2v) is 6.96. The summed E-state index contributed by atoms with van der Waals surface area (Å²) in [5.41, 5.74) is 0.812. The van der Waals surface area contributed by atoms with Crippen LogP contribution in [0, 0.1) is 19.3 Å². The van der Waals surface area contributed by atoms with E-state index in [1.807, 2.05) is 38.7 Å². The zero-order valence-corrected chi connectivity index (χ0v) is 12.7. The van der Waals surface area contributed by atoms with E-state index >= 15 is 0 Å². The summed E-state index contributed by atoms with van der Waals surface area (Å²) < 4.78 is 5.75. The van der Waals surface area contributed by atoms with Gasteiger partial charge in [0.05, 0.1) is 5.75 Å². The van der Waals surface area contributed by atoms with Gasteiger partial charge in [-0.05, 0) is 25.5 Å². The van der Waals surface area contributed by atoms with E-state index in [0.717, 1.165) is 17.1 Å². The minimum atomic E-state index is -0.296. The van der Waals surface area contributed by atoms with Crippen LogP contribution in [0.25, 0.3) is 0 Å². The summed E-state index contributed by atoms with van der Waals surface area (Å²) in [5, 5.41) is 9.31. The highest BCUT2D eigenvalue weighted by molar-refractivity contribution is 8.00. The SMILES string of the molecule is Cc1cc(C2SCC(=O)N2CC(C)(C)CO)oc1C. The van der Waals surface area contributed by atoms with Gasteiger partial charge >= 0.3 is 0 Å². The maximum atomic E-state index is 12.0. The summed E-state index contributed by atoms with van der Waals surface area (Å²) in [6.07, 6.45) is 0. The molecule has 1 atom stereocenters. The topological polar surface area (TPSA) is 53.7 Å². The third-order valence-electron chi connectivity index (χ3n) is 3.42. The molecule has 1 aromatic heterocycles. The van der Waals surface area contributed by atoms with Crippen LogP contribution in [0.15, 0.2) is 10.5 Å². The Morgan fingerprint density at radius 2 is 2.21 bits per heavy atom. The number of hydrogen-bond donors (Lipinski definition) is 1. The van der Waals surface area contributed by atoms with E-state index in [-0.39, 0.29) is 23.3 Å². The van der Waals surface area contributed by atoms with Gasteiger partial charge in [0, 0.05) is 18.6 Å². The van der Waals surface area contributed by atoms with Crippen LogP contribution in [0.2, 0.25) is 0 Å². The smallest absolute Gasteiger partial charge is 0.233 e. The van der Waals surface area contributed by atoms with Crippen molar-refractivity contribution in [2.75, 3.05) is 18.9 Å². The molecule has 1 unspecified atom stereocenters. The van der Waals surface area contributed by atoms with Gasteiger partial charge < -0.3 is 14.4 Å². The first-order valence-electron chi connectivity index (χ1n) is 6.43. The van der Waals surface area contributed by atoms with Gasteiger partial charge in [0.1, 0.15) is 16.9 Å². The summed E-state index contributed by atoms with van der Waals surface area (Å²) >= 11 is 1.59. The largest absolute Gasteiger partial charge is 0.463 e. The van der Waals surface area contributed by atoms with Crippen molar-refractivity contribution < 1.29 is 14.3 Å². The number of aryl methyl sites for hydroxylation is 2. The molecule has 1 saturated heterocycles. The van der Waals surface area contributed by atoms with Crippen molar-refractivity contribution in [3.8, 4) is 0 Å². The van der Waals surface area contributed by atoms with Gasteiger partial charge in [-0.2, -0.15) is 0 Å². The second-order valence-electron chi connectivity index (χ2n) is 5.90. The van der Waals surface area contributed by atoms with Gasteiger partial charge in [0.15, 0.2) is 0 Å². The molecule has 106 valence electrons. The van der Waals surface area contributed by atoms with Crippen molar-refractivity contribution in [1.29, 1.82) is 0 Å². The average molecular weight is 283 g/mol. The van der Waals surface area contributed by atoms with Crippen molar-refractivity contribution in [3.63, 3.8) is 0 Å². The van der Waals surface area contributed by atoms with Crippen LogP contribution >= 0.6 is 11.8 Å². The molecule has 2 rings (SSSR count). The monoisotopic (exact) mass is 283 g/mol. The molecule has 0 aromatic carbocycles. The molecule has 4 nitrogen and oxygen atoms in total. The van der Waals surface area contributed by atoms with Gasteiger partial charge in [0.25, 0.3) is 0 Å². The zero-order chi connectivity index (χ0) is 14.2. The number of amides is 1. The lowest BCUT2D eigenvalue weighted by atomic mass is 9.94. The van der Waals surface area contributed by atoms with Crippen LogP contribution in [-0.4, -0.2) is 34.8 Å². The number of carbonyl (C=O) groups is 1. The Morgan fingerprint density at radius 1 is 1.53 bits per heavy atom. The number of furan rings is 1. The lowest BCUT2D eigenvalue weighted by molar-refractivity contribution is -0.130. The van der Waals surface area contributed by atoms with Crippen molar-refractivity contribution in [2.45, 2.75) is 33.1 Å². The standard InChI is InChI=1S/C14H21NO3S/c1-9-5-11(18-10(9)2)13-15(12(17)6-19-13)7-14(3,4)8-16/h5,13,16H,6-8H2,1-4H3. The van der Waals surface area contributed by atoms with Gasteiger partial charge in [0.2, 0.25) is 5.91 Å². The third kappa shape index (κ3) is 2.98. The van der Waals surface area contributed by atoms with Gasteiger partial charge in [-0.3, -0.25) is 4.79 Å². The molecule has 1 fully saturated rings. The molecule has 2 heterocycles. The van der Waals surface area contributed by atoms with E-state index in [0.29, 0.717) is 12.3 Å². The molecule has 1 aliphatic heterocycles. The van der Waals surface area contributed by atoms with Crippen LogP contribution in [0.4, 0.5) is 0 Å². The summed E-state index contributed by atoms with van der Waals surface area (Å²) in [6, 6.07) is 2.00. The lowest BCUT2D eigenvalue weighted by Crippen LogP contribution is -2.38. The van der Waals surface area contributed by atoms with Gasteiger partial charge in [-0.15, -0.1) is 11.8 Å². The van der Waals surface area contributed by atoms with Crippen LogP contribution in [0.5, 0.6) is 0 Å². The quantitative estimate of drug-likeness (QED) is 0.922. The highest BCUT2D eigenvalue weighted by Crippen LogP contribution is 2.41. The average Bonchev–Trinajstić information content (AvgIpc) is 2.85. The summed E-state index contributed by atoms with van der Waals surface area (Å²) in [4.78, 5) is 13.8. The van der Waals surface area contributed by atoms with Gasteiger partial charge in [-0.25, -0.2) is 0 Å². The highest BCUT2D eigenvalue weighted by Gasteiger charge is 2.38. The van der Waals surface area contributed by atoms with E-state index in [9.17, 15) is 9.90 Å². The van der Waals surface area contributed by atoms with Crippen LogP contribution < -0.4 is 0 Å². The van der Waals surface area contributed by atoms with Crippen molar-refractivity contribution in [1.82, 2.24) is 4.90 Å². The van der Waals surface area contributed by atoms with E-state index < -0.39 is 0 Å². The fourth-order valence-corrected chi connectivity index (χ4v) is 3.21. The molecule has 1 aromatic rings. The molecule has 0 saturated carbocycles. The Labute approximate surface area is 118 Å². The number of aliphatic hydroxyl groups is 1. The number of hydrogen-bond acceptors (Lipinski definition) is 4. The summed E-state index contributed by atoms with van der Waals surface area (Å²) in [5.74, 6) is 2.32. The minimum absolute atomic E-state index is 0.0599. The van der Waals surface area contributed by atoms with Gasteiger partial charge in [-0.1, -0.05) is 13.8 Å². The first kappa shape index (κ1) is 14.5.